The molecule has 0 spiro atoms. The number of hydrogen-bond donors (Lipinski definition) is 2. The van der Waals surface area contributed by atoms with Crippen LogP contribution in [0.4, 0.5) is 0 Å². The molecule has 2 rings (SSSR count). The van der Waals surface area contributed by atoms with Crippen LogP contribution in [0.3, 0.4) is 0 Å². The lowest BCUT2D eigenvalue weighted by Gasteiger charge is -2.25. The summed E-state index contributed by atoms with van der Waals surface area (Å²) in [5.41, 5.74) is 1.23. The van der Waals surface area contributed by atoms with Gasteiger partial charge in [0.1, 0.15) is 17.5 Å². The van der Waals surface area contributed by atoms with Gasteiger partial charge in [0.15, 0.2) is 0 Å². The molecule has 1 atom stereocenters. The van der Waals surface area contributed by atoms with Gasteiger partial charge in [-0.1, -0.05) is 45.0 Å². The molecular weight excluding hydrogens is 368 g/mol. The fourth-order valence-corrected chi connectivity index (χ4v) is 2.70. The second-order valence-corrected chi connectivity index (χ2v) is 7.93. The molecule has 2 N–H and O–H groups in total. The van der Waals surface area contributed by atoms with E-state index in [0.29, 0.717) is 0 Å². The monoisotopic (exact) mass is 398 g/mol. The summed E-state index contributed by atoms with van der Waals surface area (Å²) >= 11 is 0. The molecular formula is C23H30N2O4. The fourth-order valence-electron chi connectivity index (χ4n) is 2.70. The van der Waals surface area contributed by atoms with Gasteiger partial charge in [0, 0.05) is 5.41 Å². The van der Waals surface area contributed by atoms with Crippen molar-refractivity contribution in [3.05, 3.63) is 59.7 Å². The van der Waals surface area contributed by atoms with E-state index in [2.05, 4.69) is 10.6 Å². The lowest BCUT2D eigenvalue weighted by Crippen LogP contribution is -2.49. The van der Waals surface area contributed by atoms with E-state index in [9.17, 15) is 9.59 Å². The maximum Gasteiger partial charge on any atom is 0.243 e. The molecule has 2 aromatic carbocycles. The van der Waals surface area contributed by atoms with Crippen LogP contribution in [0.1, 0.15) is 44.9 Å². The van der Waals surface area contributed by atoms with Crippen LogP contribution < -0.4 is 20.1 Å². The highest BCUT2D eigenvalue weighted by Gasteiger charge is 2.26. The van der Waals surface area contributed by atoms with Crippen molar-refractivity contribution >= 4 is 11.8 Å². The molecule has 0 aliphatic carbocycles. The standard InChI is InChI=1S/C23H30N2O4/c1-15(24-22(27)23(2,3)4)21(26)25-20(16-7-11-18(28-5)12-8-16)17-9-13-19(29-6)14-10-17/h7-15,20H,1-6H3,(H,24,27)(H,25,26). The van der Waals surface area contributed by atoms with E-state index < -0.39 is 11.5 Å². The summed E-state index contributed by atoms with van der Waals surface area (Å²) in [6, 6.07) is 14.0. The third kappa shape index (κ3) is 5.98. The van der Waals surface area contributed by atoms with E-state index in [1.54, 1.807) is 21.1 Å². The predicted molar refractivity (Wildman–Crippen MR) is 113 cm³/mol. The molecule has 2 aromatic rings. The molecule has 0 aromatic heterocycles. The Morgan fingerprint density at radius 3 is 1.55 bits per heavy atom. The van der Waals surface area contributed by atoms with Crippen molar-refractivity contribution in [1.82, 2.24) is 10.6 Å². The third-order valence-corrected chi connectivity index (χ3v) is 4.61. The molecule has 29 heavy (non-hydrogen) atoms. The van der Waals surface area contributed by atoms with Crippen LogP contribution in [0.5, 0.6) is 11.5 Å². The maximum absolute atomic E-state index is 12.8. The molecule has 6 nitrogen and oxygen atoms in total. The highest BCUT2D eigenvalue weighted by atomic mass is 16.5. The van der Waals surface area contributed by atoms with E-state index in [1.807, 2.05) is 69.3 Å². The van der Waals surface area contributed by atoms with Crippen molar-refractivity contribution in [3.8, 4) is 11.5 Å². The summed E-state index contributed by atoms with van der Waals surface area (Å²) in [7, 11) is 3.22. The van der Waals surface area contributed by atoms with Gasteiger partial charge >= 0.3 is 0 Å². The van der Waals surface area contributed by atoms with Crippen LogP contribution in [0.25, 0.3) is 0 Å². The molecule has 0 aliphatic rings. The predicted octanol–water partition coefficient (Wildman–Crippen LogP) is 3.46. The largest absolute Gasteiger partial charge is 0.497 e. The van der Waals surface area contributed by atoms with E-state index >= 15 is 0 Å². The Bertz CT molecular complexity index is 776. The first kappa shape index (κ1) is 22.3. The van der Waals surface area contributed by atoms with Crippen molar-refractivity contribution in [1.29, 1.82) is 0 Å². The zero-order chi connectivity index (χ0) is 21.6. The second kappa shape index (κ2) is 9.45. The Balaban J connectivity index is 2.26. The highest BCUT2D eigenvalue weighted by molar-refractivity contribution is 5.89. The van der Waals surface area contributed by atoms with E-state index in [4.69, 9.17) is 9.47 Å². The van der Waals surface area contributed by atoms with Gasteiger partial charge in [-0.2, -0.15) is 0 Å². The quantitative estimate of drug-likeness (QED) is 0.749. The van der Waals surface area contributed by atoms with Gasteiger partial charge in [-0.05, 0) is 42.3 Å². The zero-order valence-corrected chi connectivity index (χ0v) is 17.9. The molecule has 0 fully saturated rings. The Labute approximate surface area is 172 Å². The highest BCUT2D eigenvalue weighted by Crippen LogP contribution is 2.26. The van der Waals surface area contributed by atoms with Crippen LogP contribution in [0.2, 0.25) is 0 Å². The first-order valence-electron chi connectivity index (χ1n) is 9.55. The van der Waals surface area contributed by atoms with Crippen LogP contribution in [0.15, 0.2) is 48.5 Å². The normalized spacial score (nSPS) is 12.2. The third-order valence-electron chi connectivity index (χ3n) is 4.61. The molecule has 6 heteroatoms. The maximum atomic E-state index is 12.8. The van der Waals surface area contributed by atoms with E-state index in [1.165, 1.54) is 0 Å². The minimum absolute atomic E-state index is 0.175. The summed E-state index contributed by atoms with van der Waals surface area (Å²) in [6.07, 6.45) is 0. The number of hydrogen-bond acceptors (Lipinski definition) is 4. The number of rotatable bonds is 7. The van der Waals surface area contributed by atoms with Gasteiger partial charge in [-0.15, -0.1) is 0 Å². The van der Waals surface area contributed by atoms with Gasteiger partial charge in [0.2, 0.25) is 11.8 Å². The minimum Gasteiger partial charge on any atom is -0.497 e. The first-order chi connectivity index (χ1) is 13.7. The summed E-state index contributed by atoms with van der Waals surface area (Å²) in [5, 5.41) is 5.82. The van der Waals surface area contributed by atoms with Crippen molar-refractivity contribution in [2.45, 2.75) is 39.8 Å². The number of amides is 2. The SMILES string of the molecule is COc1ccc(C(NC(=O)C(C)NC(=O)C(C)(C)C)c2ccc(OC)cc2)cc1. The lowest BCUT2D eigenvalue weighted by atomic mass is 9.95. The molecule has 0 saturated carbocycles. The van der Waals surface area contributed by atoms with Gasteiger partial charge in [0.25, 0.3) is 0 Å². The van der Waals surface area contributed by atoms with Crippen molar-refractivity contribution < 1.29 is 19.1 Å². The van der Waals surface area contributed by atoms with Crippen molar-refractivity contribution in [2.75, 3.05) is 14.2 Å². The van der Waals surface area contributed by atoms with Gasteiger partial charge in [0.05, 0.1) is 20.3 Å². The zero-order valence-electron chi connectivity index (χ0n) is 17.9. The summed E-state index contributed by atoms with van der Waals surface area (Å²) in [5.74, 6) is 1.03. The van der Waals surface area contributed by atoms with Crippen LogP contribution in [-0.2, 0) is 9.59 Å². The van der Waals surface area contributed by atoms with Gasteiger partial charge in [-0.25, -0.2) is 0 Å². The van der Waals surface area contributed by atoms with Gasteiger partial charge < -0.3 is 20.1 Å². The van der Waals surface area contributed by atoms with Crippen molar-refractivity contribution in [3.63, 3.8) is 0 Å². The average molecular weight is 399 g/mol. The minimum atomic E-state index is -0.666. The fraction of sp³-hybridized carbons (Fsp3) is 0.391. The number of carbonyl (C=O) groups is 2. The number of carbonyl (C=O) groups excluding carboxylic acids is 2. The van der Waals surface area contributed by atoms with E-state index in [0.717, 1.165) is 22.6 Å². The second-order valence-electron chi connectivity index (χ2n) is 7.93. The van der Waals surface area contributed by atoms with Crippen LogP contribution in [-0.4, -0.2) is 32.1 Å². The van der Waals surface area contributed by atoms with Crippen LogP contribution in [0, 0.1) is 5.41 Å². The topological polar surface area (TPSA) is 76.7 Å². The molecule has 0 radical (unpaired) electrons. The summed E-state index contributed by atoms with van der Waals surface area (Å²) in [6.45, 7) is 7.11. The van der Waals surface area contributed by atoms with Crippen LogP contribution >= 0.6 is 0 Å². The number of methoxy groups -OCH3 is 2. The van der Waals surface area contributed by atoms with Crippen molar-refractivity contribution in [2.24, 2.45) is 5.41 Å². The number of nitrogens with one attached hydrogen (secondary N) is 2. The summed E-state index contributed by atoms with van der Waals surface area (Å²) in [4.78, 5) is 25.1. The average Bonchev–Trinajstić information content (AvgIpc) is 2.71. The Kier molecular flexibility index (Phi) is 7.26. The molecule has 1 unspecified atom stereocenters. The molecule has 0 aliphatic heterocycles. The molecule has 0 heterocycles. The molecule has 0 saturated heterocycles. The molecule has 0 bridgehead atoms. The lowest BCUT2D eigenvalue weighted by molar-refractivity contribution is -0.133. The van der Waals surface area contributed by atoms with Gasteiger partial charge in [-0.3, -0.25) is 9.59 Å². The smallest absolute Gasteiger partial charge is 0.243 e. The summed E-state index contributed by atoms with van der Waals surface area (Å²) < 4.78 is 10.5. The van der Waals surface area contributed by atoms with E-state index in [-0.39, 0.29) is 17.9 Å². The molecule has 156 valence electrons. The Morgan fingerprint density at radius 2 is 1.21 bits per heavy atom. The Hall–Kier alpha value is -3.02. The molecule has 2 amide bonds. The Morgan fingerprint density at radius 1 is 0.793 bits per heavy atom. The number of ether oxygens (including phenoxy) is 2. The number of benzene rings is 2. The first-order valence-corrected chi connectivity index (χ1v) is 9.55.